The highest BCUT2D eigenvalue weighted by Crippen LogP contribution is 2.36. The van der Waals surface area contributed by atoms with Crippen molar-refractivity contribution in [2.45, 2.75) is 19.4 Å². The van der Waals surface area contributed by atoms with Gasteiger partial charge < -0.3 is 9.67 Å². The number of para-hydroxylation sites is 1. The lowest BCUT2D eigenvalue weighted by Gasteiger charge is -2.23. The second-order valence-electron chi connectivity index (χ2n) is 6.47. The Balaban J connectivity index is 2.18. The molecule has 4 rings (SSSR count). The minimum atomic E-state index is -0.933. The number of halogens is 1. The average molecular weight is 381 g/mol. The summed E-state index contributed by atoms with van der Waals surface area (Å²) < 4.78 is 3.22. The van der Waals surface area contributed by atoms with Gasteiger partial charge in [-0.1, -0.05) is 34.1 Å². The van der Waals surface area contributed by atoms with E-state index in [1.54, 1.807) is 0 Å². The molecule has 2 aromatic heterocycles. The van der Waals surface area contributed by atoms with E-state index in [1.807, 2.05) is 62.6 Å². The number of aliphatic hydroxyl groups is 1. The van der Waals surface area contributed by atoms with Crippen LogP contribution in [0.5, 0.6) is 0 Å². The van der Waals surface area contributed by atoms with E-state index < -0.39 is 5.60 Å². The van der Waals surface area contributed by atoms with Gasteiger partial charge >= 0.3 is 0 Å². The van der Waals surface area contributed by atoms with Crippen LogP contribution < -0.4 is 0 Å². The van der Waals surface area contributed by atoms with Crippen molar-refractivity contribution in [3.63, 3.8) is 0 Å². The number of hydrogen-bond acceptors (Lipinski definition) is 2. The third-order valence-electron chi connectivity index (χ3n) is 4.33. The molecule has 2 heterocycles. The molecule has 0 aliphatic rings. The molecule has 0 saturated carbocycles. The summed E-state index contributed by atoms with van der Waals surface area (Å²) in [5, 5.41) is 12.9. The Labute approximate surface area is 148 Å². The minimum Gasteiger partial charge on any atom is -0.386 e. The first-order valence-electron chi connectivity index (χ1n) is 7.83. The zero-order chi connectivity index (χ0) is 16.9. The van der Waals surface area contributed by atoms with E-state index in [9.17, 15) is 5.11 Å². The highest BCUT2D eigenvalue weighted by Gasteiger charge is 2.22. The molecule has 1 N–H and O–H groups in total. The van der Waals surface area contributed by atoms with Crippen molar-refractivity contribution < 1.29 is 5.11 Å². The number of benzene rings is 2. The molecule has 0 amide bonds. The van der Waals surface area contributed by atoms with Gasteiger partial charge in [0.25, 0.3) is 0 Å². The molecule has 120 valence electrons. The summed E-state index contributed by atoms with van der Waals surface area (Å²) in [6.45, 7) is 3.63. The van der Waals surface area contributed by atoms with Crippen molar-refractivity contribution in [3.8, 4) is 5.69 Å². The Morgan fingerprint density at radius 1 is 1.00 bits per heavy atom. The van der Waals surface area contributed by atoms with Crippen molar-refractivity contribution in [1.29, 1.82) is 0 Å². The van der Waals surface area contributed by atoms with E-state index in [4.69, 9.17) is 0 Å². The normalized spacial score (nSPS) is 12.2. The van der Waals surface area contributed by atoms with Crippen LogP contribution in [-0.2, 0) is 5.60 Å². The Bertz CT molecular complexity index is 1060. The standard InChI is InChI=1S/C20H17BrN2O/c1-20(2,24)16-5-3-4-6-18(16)23-17-8-7-13(21)11-15(17)14-9-10-22-12-19(14)23/h3-12,24H,1-2H3. The van der Waals surface area contributed by atoms with E-state index in [2.05, 4.69) is 37.6 Å². The fourth-order valence-corrected chi connectivity index (χ4v) is 3.65. The van der Waals surface area contributed by atoms with Crippen LogP contribution in [0.25, 0.3) is 27.5 Å². The molecule has 0 spiro atoms. The fourth-order valence-electron chi connectivity index (χ4n) is 3.29. The van der Waals surface area contributed by atoms with Crippen LogP contribution in [0.2, 0.25) is 0 Å². The van der Waals surface area contributed by atoms with Gasteiger partial charge in [0.1, 0.15) is 0 Å². The molecule has 4 aromatic rings. The maximum absolute atomic E-state index is 10.6. The summed E-state index contributed by atoms with van der Waals surface area (Å²) in [4.78, 5) is 4.31. The van der Waals surface area contributed by atoms with Crippen LogP contribution in [0.1, 0.15) is 19.4 Å². The lowest BCUT2D eigenvalue weighted by molar-refractivity contribution is 0.0786. The molecule has 0 fully saturated rings. The first-order valence-corrected chi connectivity index (χ1v) is 8.62. The van der Waals surface area contributed by atoms with Gasteiger partial charge in [-0.15, -0.1) is 0 Å². The molecule has 0 atom stereocenters. The van der Waals surface area contributed by atoms with E-state index in [0.717, 1.165) is 37.5 Å². The van der Waals surface area contributed by atoms with Crippen LogP contribution in [-0.4, -0.2) is 14.7 Å². The maximum atomic E-state index is 10.6. The van der Waals surface area contributed by atoms with Gasteiger partial charge in [0.2, 0.25) is 0 Å². The van der Waals surface area contributed by atoms with Gasteiger partial charge in [0.05, 0.1) is 28.5 Å². The molecular weight excluding hydrogens is 364 g/mol. The quantitative estimate of drug-likeness (QED) is 0.520. The monoisotopic (exact) mass is 380 g/mol. The predicted molar refractivity (Wildman–Crippen MR) is 102 cm³/mol. The molecule has 0 aliphatic heterocycles. The minimum absolute atomic E-state index is 0.885. The van der Waals surface area contributed by atoms with Crippen molar-refractivity contribution in [1.82, 2.24) is 9.55 Å². The lowest BCUT2D eigenvalue weighted by atomic mass is 9.96. The third-order valence-corrected chi connectivity index (χ3v) is 4.83. The van der Waals surface area contributed by atoms with E-state index >= 15 is 0 Å². The number of fused-ring (bicyclic) bond motifs is 3. The predicted octanol–water partition coefficient (Wildman–Crippen LogP) is 5.17. The first kappa shape index (κ1) is 15.4. The average Bonchev–Trinajstić information content (AvgIpc) is 2.88. The maximum Gasteiger partial charge on any atom is 0.0860 e. The Morgan fingerprint density at radius 2 is 1.79 bits per heavy atom. The Kier molecular flexibility index (Phi) is 3.48. The molecule has 24 heavy (non-hydrogen) atoms. The molecule has 0 radical (unpaired) electrons. The number of aromatic nitrogens is 2. The summed E-state index contributed by atoms with van der Waals surface area (Å²) >= 11 is 3.57. The zero-order valence-electron chi connectivity index (χ0n) is 13.5. The van der Waals surface area contributed by atoms with Gasteiger partial charge in [0.15, 0.2) is 0 Å². The van der Waals surface area contributed by atoms with Gasteiger partial charge in [-0.2, -0.15) is 0 Å². The smallest absolute Gasteiger partial charge is 0.0860 e. The van der Waals surface area contributed by atoms with Crippen LogP contribution in [0.15, 0.2) is 65.4 Å². The van der Waals surface area contributed by atoms with Gasteiger partial charge in [-0.3, -0.25) is 4.98 Å². The molecule has 2 aromatic carbocycles. The van der Waals surface area contributed by atoms with Crippen molar-refractivity contribution >= 4 is 37.7 Å². The first-order chi connectivity index (χ1) is 11.5. The van der Waals surface area contributed by atoms with Crippen molar-refractivity contribution in [2.75, 3.05) is 0 Å². The third kappa shape index (κ3) is 2.34. The Hall–Kier alpha value is -2.17. The molecule has 0 aliphatic carbocycles. The SMILES string of the molecule is CC(C)(O)c1ccccc1-n1c2ccc(Br)cc2c2ccncc21. The van der Waals surface area contributed by atoms with Crippen molar-refractivity contribution in [3.05, 3.63) is 71.0 Å². The summed E-state index contributed by atoms with van der Waals surface area (Å²) in [5.41, 5.74) is 3.05. The molecule has 0 bridgehead atoms. The summed E-state index contributed by atoms with van der Waals surface area (Å²) in [6, 6.07) is 16.3. The molecule has 0 saturated heterocycles. The van der Waals surface area contributed by atoms with Gasteiger partial charge in [-0.25, -0.2) is 0 Å². The lowest BCUT2D eigenvalue weighted by Crippen LogP contribution is -2.18. The number of hydrogen-bond donors (Lipinski definition) is 1. The number of pyridine rings is 1. The van der Waals surface area contributed by atoms with Crippen LogP contribution in [0.4, 0.5) is 0 Å². The van der Waals surface area contributed by atoms with Crippen LogP contribution in [0, 0.1) is 0 Å². The summed E-state index contributed by atoms with van der Waals surface area (Å²) in [6.07, 6.45) is 3.69. The highest BCUT2D eigenvalue weighted by molar-refractivity contribution is 9.10. The fraction of sp³-hybridized carbons (Fsp3) is 0.150. The van der Waals surface area contributed by atoms with Crippen LogP contribution >= 0.6 is 15.9 Å². The van der Waals surface area contributed by atoms with Gasteiger partial charge in [-0.05, 0) is 44.2 Å². The number of rotatable bonds is 2. The highest BCUT2D eigenvalue weighted by atomic mass is 79.9. The van der Waals surface area contributed by atoms with E-state index in [0.29, 0.717) is 0 Å². The molecule has 3 nitrogen and oxygen atoms in total. The molecular formula is C20H17BrN2O. The molecule has 0 unspecified atom stereocenters. The van der Waals surface area contributed by atoms with E-state index in [-0.39, 0.29) is 0 Å². The zero-order valence-corrected chi connectivity index (χ0v) is 15.1. The second-order valence-corrected chi connectivity index (χ2v) is 7.38. The summed E-state index contributed by atoms with van der Waals surface area (Å²) in [7, 11) is 0. The summed E-state index contributed by atoms with van der Waals surface area (Å²) in [5.74, 6) is 0. The van der Waals surface area contributed by atoms with Gasteiger partial charge in [0, 0.05) is 27.0 Å². The largest absolute Gasteiger partial charge is 0.386 e. The second kappa shape index (κ2) is 5.43. The Morgan fingerprint density at radius 3 is 2.58 bits per heavy atom. The van der Waals surface area contributed by atoms with Crippen molar-refractivity contribution in [2.24, 2.45) is 0 Å². The number of nitrogens with zero attached hydrogens (tertiary/aromatic N) is 2. The molecule has 4 heteroatoms. The topological polar surface area (TPSA) is 38.0 Å². The van der Waals surface area contributed by atoms with Crippen LogP contribution in [0.3, 0.4) is 0 Å². The van der Waals surface area contributed by atoms with E-state index in [1.165, 1.54) is 0 Å².